The van der Waals surface area contributed by atoms with E-state index >= 15 is 0 Å². The van der Waals surface area contributed by atoms with Crippen LogP contribution in [0, 0.1) is 5.82 Å². The third-order valence-electron chi connectivity index (χ3n) is 3.09. The molecule has 2 N–H and O–H groups in total. The SMILES string of the molecule is O=S(=O)(Nc1ccc(Nc2ccccc2F)nn1)c1ccccc1. The third kappa shape index (κ3) is 3.66. The van der Waals surface area contributed by atoms with E-state index in [1.54, 1.807) is 36.4 Å². The Morgan fingerprint density at radius 3 is 2.08 bits per heavy atom. The summed E-state index contributed by atoms with van der Waals surface area (Å²) in [5.41, 5.74) is 0.254. The first-order valence-corrected chi connectivity index (χ1v) is 8.46. The molecule has 3 rings (SSSR count). The summed E-state index contributed by atoms with van der Waals surface area (Å²) in [6, 6.07) is 17.0. The predicted molar refractivity (Wildman–Crippen MR) is 89.0 cm³/mol. The molecule has 0 bridgehead atoms. The summed E-state index contributed by atoms with van der Waals surface area (Å²) in [7, 11) is -3.72. The molecule has 0 fully saturated rings. The number of hydrogen-bond acceptors (Lipinski definition) is 5. The second-order valence-corrected chi connectivity index (χ2v) is 6.51. The van der Waals surface area contributed by atoms with Crippen LogP contribution < -0.4 is 10.0 Å². The van der Waals surface area contributed by atoms with Crippen LogP contribution in [0.2, 0.25) is 0 Å². The molecular weight excluding hydrogens is 331 g/mol. The van der Waals surface area contributed by atoms with Crippen molar-refractivity contribution >= 4 is 27.3 Å². The summed E-state index contributed by atoms with van der Waals surface area (Å²) in [6.07, 6.45) is 0. The van der Waals surface area contributed by atoms with Crippen molar-refractivity contribution in [2.45, 2.75) is 4.90 Å². The zero-order valence-electron chi connectivity index (χ0n) is 12.3. The molecule has 1 heterocycles. The number of sulfonamides is 1. The number of anilines is 3. The van der Waals surface area contributed by atoms with Crippen LogP contribution in [0.25, 0.3) is 0 Å². The Morgan fingerprint density at radius 1 is 0.792 bits per heavy atom. The molecule has 0 aliphatic carbocycles. The first-order valence-electron chi connectivity index (χ1n) is 6.98. The molecule has 0 saturated carbocycles. The van der Waals surface area contributed by atoms with E-state index in [1.807, 2.05) is 0 Å². The van der Waals surface area contributed by atoms with Gasteiger partial charge in [-0.3, -0.25) is 4.72 Å². The van der Waals surface area contributed by atoms with Crippen LogP contribution in [-0.2, 0) is 10.0 Å². The monoisotopic (exact) mass is 344 g/mol. The quantitative estimate of drug-likeness (QED) is 0.743. The fourth-order valence-electron chi connectivity index (χ4n) is 1.95. The number of hydrogen-bond donors (Lipinski definition) is 2. The minimum absolute atomic E-state index is 0.0675. The van der Waals surface area contributed by atoms with Gasteiger partial charge in [0, 0.05) is 0 Å². The van der Waals surface area contributed by atoms with Crippen molar-refractivity contribution in [1.29, 1.82) is 0 Å². The van der Waals surface area contributed by atoms with Gasteiger partial charge in [0.15, 0.2) is 11.6 Å². The van der Waals surface area contributed by atoms with E-state index in [1.165, 1.54) is 30.3 Å². The van der Waals surface area contributed by atoms with E-state index in [4.69, 9.17) is 0 Å². The van der Waals surface area contributed by atoms with Crippen LogP contribution in [0.3, 0.4) is 0 Å². The van der Waals surface area contributed by atoms with Crippen LogP contribution >= 0.6 is 0 Å². The van der Waals surface area contributed by atoms with Crippen molar-refractivity contribution in [3.8, 4) is 0 Å². The highest BCUT2D eigenvalue weighted by Crippen LogP contribution is 2.19. The summed E-state index contributed by atoms with van der Waals surface area (Å²) in [4.78, 5) is 0.125. The van der Waals surface area contributed by atoms with Crippen LogP contribution in [0.4, 0.5) is 21.7 Å². The predicted octanol–water partition coefficient (Wildman–Crippen LogP) is 3.16. The van der Waals surface area contributed by atoms with Gasteiger partial charge in [-0.2, -0.15) is 0 Å². The fraction of sp³-hybridized carbons (Fsp3) is 0. The second-order valence-electron chi connectivity index (χ2n) is 4.83. The first-order chi connectivity index (χ1) is 11.5. The Balaban J connectivity index is 1.74. The molecule has 0 aliphatic rings. The molecule has 8 heteroatoms. The standard InChI is InChI=1S/C16H13FN4O2S/c17-13-8-4-5-9-14(13)18-15-10-11-16(20-19-15)21-24(22,23)12-6-2-1-3-7-12/h1-11H,(H,18,19)(H,20,21). The van der Waals surface area contributed by atoms with E-state index in [9.17, 15) is 12.8 Å². The van der Waals surface area contributed by atoms with Crippen molar-refractivity contribution in [1.82, 2.24) is 10.2 Å². The summed E-state index contributed by atoms with van der Waals surface area (Å²) < 4.78 is 40.3. The van der Waals surface area contributed by atoms with Gasteiger partial charge < -0.3 is 5.32 Å². The minimum Gasteiger partial charge on any atom is -0.336 e. The molecule has 0 spiro atoms. The molecule has 0 saturated heterocycles. The lowest BCUT2D eigenvalue weighted by Crippen LogP contribution is -2.14. The van der Waals surface area contributed by atoms with Gasteiger partial charge in [0.2, 0.25) is 0 Å². The van der Waals surface area contributed by atoms with Crippen LogP contribution in [0.1, 0.15) is 0 Å². The van der Waals surface area contributed by atoms with Gasteiger partial charge in [-0.15, -0.1) is 10.2 Å². The number of nitrogens with one attached hydrogen (secondary N) is 2. The van der Waals surface area contributed by atoms with E-state index in [0.29, 0.717) is 5.82 Å². The smallest absolute Gasteiger partial charge is 0.263 e. The molecule has 0 aliphatic heterocycles. The molecule has 0 radical (unpaired) electrons. The van der Waals surface area contributed by atoms with Crippen molar-refractivity contribution in [3.05, 3.63) is 72.5 Å². The third-order valence-corrected chi connectivity index (χ3v) is 4.46. The summed E-state index contributed by atoms with van der Waals surface area (Å²) in [6.45, 7) is 0. The van der Waals surface area contributed by atoms with Gasteiger partial charge in [0.1, 0.15) is 5.82 Å². The van der Waals surface area contributed by atoms with E-state index in [0.717, 1.165) is 0 Å². The summed E-state index contributed by atoms with van der Waals surface area (Å²) in [5, 5.41) is 10.4. The zero-order valence-corrected chi connectivity index (χ0v) is 13.2. The number of aromatic nitrogens is 2. The van der Waals surface area contributed by atoms with Crippen molar-refractivity contribution < 1.29 is 12.8 Å². The average Bonchev–Trinajstić information content (AvgIpc) is 2.59. The van der Waals surface area contributed by atoms with Crippen LogP contribution in [0.15, 0.2) is 71.6 Å². The van der Waals surface area contributed by atoms with Crippen LogP contribution in [-0.4, -0.2) is 18.6 Å². The number of benzene rings is 2. The molecule has 0 unspecified atom stereocenters. The van der Waals surface area contributed by atoms with Gasteiger partial charge in [-0.05, 0) is 36.4 Å². The lowest BCUT2D eigenvalue weighted by atomic mass is 10.3. The highest BCUT2D eigenvalue weighted by atomic mass is 32.2. The summed E-state index contributed by atoms with van der Waals surface area (Å²) in [5.74, 6) is -0.0612. The molecule has 2 aromatic carbocycles. The minimum atomic E-state index is -3.72. The molecule has 0 amide bonds. The normalized spacial score (nSPS) is 11.0. The van der Waals surface area contributed by atoms with Crippen molar-refractivity contribution in [2.24, 2.45) is 0 Å². The average molecular weight is 344 g/mol. The Bertz CT molecular complexity index is 932. The highest BCUT2D eigenvalue weighted by molar-refractivity contribution is 7.92. The Labute approximate surface area is 138 Å². The number of nitrogens with zero attached hydrogens (tertiary/aromatic N) is 2. The van der Waals surface area contributed by atoms with E-state index in [-0.39, 0.29) is 16.4 Å². The largest absolute Gasteiger partial charge is 0.336 e. The van der Waals surface area contributed by atoms with Gasteiger partial charge in [0.25, 0.3) is 10.0 Å². The number of para-hydroxylation sites is 1. The van der Waals surface area contributed by atoms with Crippen molar-refractivity contribution in [2.75, 3.05) is 10.0 Å². The molecule has 24 heavy (non-hydrogen) atoms. The van der Waals surface area contributed by atoms with Crippen LogP contribution in [0.5, 0.6) is 0 Å². The lowest BCUT2D eigenvalue weighted by Gasteiger charge is -2.08. The number of rotatable bonds is 5. The topological polar surface area (TPSA) is 84.0 Å². The maximum Gasteiger partial charge on any atom is 0.263 e. The Hall–Kier alpha value is -3.00. The van der Waals surface area contributed by atoms with Gasteiger partial charge in [-0.1, -0.05) is 30.3 Å². The number of halogens is 1. The highest BCUT2D eigenvalue weighted by Gasteiger charge is 2.14. The van der Waals surface area contributed by atoms with Gasteiger partial charge in [-0.25, -0.2) is 12.8 Å². The van der Waals surface area contributed by atoms with E-state index in [2.05, 4.69) is 20.2 Å². The maximum atomic E-state index is 13.6. The Morgan fingerprint density at radius 2 is 1.42 bits per heavy atom. The first kappa shape index (κ1) is 15.9. The zero-order chi connectivity index (χ0) is 17.0. The maximum absolute atomic E-state index is 13.6. The second kappa shape index (κ2) is 6.63. The van der Waals surface area contributed by atoms with Gasteiger partial charge in [0.05, 0.1) is 10.6 Å². The molecule has 122 valence electrons. The molecule has 6 nitrogen and oxygen atoms in total. The lowest BCUT2D eigenvalue weighted by molar-refractivity contribution is 0.601. The van der Waals surface area contributed by atoms with Gasteiger partial charge >= 0.3 is 0 Å². The van der Waals surface area contributed by atoms with E-state index < -0.39 is 15.8 Å². The molecular formula is C16H13FN4O2S. The molecule has 3 aromatic rings. The Kier molecular flexibility index (Phi) is 4.39. The molecule has 0 atom stereocenters. The summed E-state index contributed by atoms with van der Waals surface area (Å²) >= 11 is 0. The van der Waals surface area contributed by atoms with Crippen molar-refractivity contribution in [3.63, 3.8) is 0 Å². The fourth-order valence-corrected chi connectivity index (χ4v) is 2.97. The molecule has 1 aromatic heterocycles.